The molecule has 0 radical (unpaired) electrons. The fraction of sp³-hybridized carbons (Fsp3) is 0.538. The van der Waals surface area contributed by atoms with Crippen LogP contribution in [0.4, 0.5) is 0 Å². The van der Waals surface area contributed by atoms with Crippen LogP contribution in [0.15, 0.2) is 54.6 Å². The zero-order valence-electron chi connectivity index (χ0n) is 17.1. The van der Waals surface area contributed by atoms with Crippen LogP contribution in [0.25, 0.3) is 0 Å². The summed E-state index contributed by atoms with van der Waals surface area (Å²) in [4.78, 5) is 0. The zero-order chi connectivity index (χ0) is 19.0. The van der Waals surface area contributed by atoms with Crippen LogP contribution in [0.2, 0.25) is 0 Å². The molecule has 4 bridgehead atoms. The molecule has 2 heteroatoms. The average molecular weight is 376 g/mol. The van der Waals surface area contributed by atoms with Gasteiger partial charge >= 0.3 is 0 Å². The van der Waals surface area contributed by atoms with E-state index in [4.69, 9.17) is 4.74 Å². The van der Waals surface area contributed by atoms with Gasteiger partial charge in [-0.3, -0.25) is 0 Å². The molecule has 2 aromatic rings. The Labute approximate surface area is 169 Å². The monoisotopic (exact) mass is 375 g/mol. The van der Waals surface area contributed by atoms with Gasteiger partial charge in [-0.05, 0) is 80.2 Å². The molecule has 0 aliphatic heterocycles. The van der Waals surface area contributed by atoms with E-state index in [2.05, 4.69) is 60.8 Å². The van der Waals surface area contributed by atoms with Gasteiger partial charge in [0.15, 0.2) is 0 Å². The lowest BCUT2D eigenvalue weighted by atomic mass is 9.48. The molecule has 2 nitrogen and oxygen atoms in total. The number of rotatable bonds is 7. The van der Waals surface area contributed by atoms with E-state index in [0.717, 1.165) is 30.0 Å². The van der Waals surface area contributed by atoms with Gasteiger partial charge in [0.05, 0.1) is 0 Å². The van der Waals surface area contributed by atoms with Crippen molar-refractivity contribution in [2.24, 2.45) is 23.2 Å². The van der Waals surface area contributed by atoms with Gasteiger partial charge in [-0.25, -0.2) is 0 Å². The molecule has 28 heavy (non-hydrogen) atoms. The molecule has 0 spiro atoms. The summed E-state index contributed by atoms with van der Waals surface area (Å²) in [6, 6.07) is 19.5. The second-order valence-electron chi connectivity index (χ2n) is 9.76. The van der Waals surface area contributed by atoms with Gasteiger partial charge in [0.25, 0.3) is 0 Å². The van der Waals surface area contributed by atoms with Crippen molar-refractivity contribution in [2.45, 2.75) is 64.6 Å². The van der Waals surface area contributed by atoms with Gasteiger partial charge < -0.3 is 10.1 Å². The van der Waals surface area contributed by atoms with Crippen LogP contribution in [0, 0.1) is 23.2 Å². The van der Waals surface area contributed by atoms with Crippen molar-refractivity contribution in [2.75, 3.05) is 0 Å². The van der Waals surface area contributed by atoms with Crippen molar-refractivity contribution < 1.29 is 4.74 Å². The summed E-state index contributed by atoms with van der Waals surface area (Å²) < 4.78 is 6.16. The zero-order valence-corrected chi connectivity index (χ0v) is 17.1. The first-order valence-electron chi connectivity index (χ1n) is 11.2. The van der Waals surface area contributed by atoms with E-state index in [9.17, 15) is 0 Å². The molecule has 1 atom stereocenters. The molecule has 4 fully saturated rings. The molecule has 0 amide bonds. The van der Waals surface area contributed by atoms with Gasteiger partial charge in [-0.15, -0.1) is 0 Å². The Kier molecular flexibility index (Phi) is 4.92. The van der Waals surface area contributed by atoms with Crippen LogP contribution in [0.1, 0.15) is 56.6 Å². The molecular formula is C26H33NO. The van der Waals surface area contributed by atoms with Gasteiger partial charge in [0, 0.05) is 18.2 Å². The first-order valence-corrected chi connectivity index (χ1v) is 11.2. The molecule has 0 unspecified atom stereocenters. The lowest BCUT2D eigenvalue weighted by molar-refractivity contribution is -0.0706. The summed E-state index contributed by atoms with van der Waals surface area (Å²) in [5.74, 6) is 4.04. The minimum absolute atomic E-state index is 0.550. The van der Waals surface area contributed by atoms with E-state index in [1.165, 1.54) is 49.7 Å². The minimum Gasteiger partial charge on any atom is -0.489 e. The average Bonchev–Trinajstić information content (AvgIpc) is 2.71. The SMILES string of the molecule is C[C@H](NCc1ccccc1OCc1ccccc1)C12CC3CC(CC(C3)C1)C2. The first-order chi connectivity index (χ1) is 13.7. The van der Waals surface area contributed by atoms with E-state index < -0.39 is 0 Å². The third-order valence-corrected chi connectivity index (χ3v) is 7.81. The van der Waals surface area contributed by atoms with Crippen LogP contribution in [-0.2, 0) is 13.2 Å². The standard InChI is InChI=1S/C26H33NO/c1-19(26-14-21-11-22(15-26)13-23(12-21)16-26)27-17-24-9-5-6-10-25(24)28-18-20-7-3-2-4-8-20/h2-10,19,21-23,27H,11-18H2,1H3/t19-,21?,22?,23?,26?/m0/s1. The Balaban J connectivity index is 1.23. The van der Waals surface area contributed by atoms with E-state index >= 15 is 0 Å². The van der Waals surface area contributed by atoms with Crippen LogP contribution < -0.4 is 10.1 Å². The van der Waals surface area contributed by atoms with Gasteiger partial charge in [0.2, 0.25) is 0 Å². The van der Waals surface area contributed by atoms with Crippen molar-refractivity contribution in [3.8, 4) is 5.75 Å². The largest absolute Gasteiger partial charge is 0.489 e. The molecule has 0 saturated heterocycles. The number of benzene rings is 2. The quantitative estimate of drug-likeness (QED) is 0.645. The first kappa shape index (κ1) is 18.2. The van der Waals surface area contributed by atoms with E-state index in [-0.39, 0.29) is 0 Å². The maximum Gasteiger partial charge on any atom is 0.124 e. The van der Waals surface area contributed by atoms with Crippen LogP contribution in [-0.4, -0.2) is 6.04 Å². The second-order valence-corrected chi connectivity index (χ2v) is 9.76. The fourth-order valence-corrected chi connectivity index (χ4v) is 6.71. The smallest absolute Gasteiger partial charge is 0.124 e. The summed E-state index contributed by atoms with van der Waals surface area (Å²) in [7, 11) is 0. The van der Waals surface area contributed by atoms with Crippen molar-refractivity contribution in [3.63, 3.8) is 0 Å². The van der Waals surface area contributed by atoms with Gasteiger partial charge in [-0.2, -0.15) is 0 Å². The van der Waals surface area contributed by atoms with Crippen LogP contribution >= 0.6 is 0 Å². The van der Waals surface area contributed by atoms with Crippen molar-refractivity contribution in [1.29, 1.82) is 0 Å². The highest BCUT2D eigenvalue weighted by Crippen LogP contribution is 2.61. The number of para-hydroxylation sites is 1. The molecule has 4 aliphatic rings. The van der Waals surface area contributed by atoms with Gasteiger partial charge in [-0.1, -0.05) is 48.5 Å². The minimum atomic E-state index is 0.550. The van der Waals surface area contributed by atoms with E-state index in [1.807, 2.05) is 6.07 Å². The highest BCUT2D eigenvalue weighted by atomic mass is 16.5. The lowest BCUT2D eigenvalue weighted by Gasteiger charge is -2.59. The number of nitrogens with one attached hydrogen (secondary N) is 1. The van der Waals surface area contributed by atoms with Gasteiger partial charge in [0.1, 0.15) is 12.4 Å². The Morgan fingerprint density at radius 3 is 2.18 bits per heavy atom. The van der Waals surface area contributed by atoms with Crippen LogP contribution in [0.3, 0.4) is 0 Å². The second kappa shape index (κ2) is 7.55. The maximum atomic E-state index is 6.16. The maximum absolute atomic E-state index is 6.16. The highest BCUT2D eigenvalue weighted by molar-refractivity contribution is 5.33. The molecule has 0 aromatic heterocycles. The third kappa shape index (κ3) is 3.59. The van der Waals surface area contributed by atoms with E-state index in [1.54, 1.807) is 0 Å². The fourth-order valence-electron chi connectivity index (χ4n) is 6.71. The predicted octanol–water partition coefficient (Wildman–Crippen LogP) is 5.96. The molecule has 0 heterocycles. The molecule has 6 rings (SSSR count). The highest BCUT2D eigenvalue weighted by Gasteiger charge is 2.52. The molecule has 148 valence electrons. The summed E-state index contributed by atoms with van der Waals surface area (Å²) in [6.07, 6.45) is 8.92. The summed E-state index contributed by atoms with van der Waals surface area (Å²) in [5, 5.41) is 3.91. The number of hydrogen-bond donors (Lipinski definition) is 1. The molecule has 4 saturated carbocycles. The summed E-state index contributed by atoms with van der Waals surface area (Å²) >= 11 is 0. The Morgan fingerprint density at radius 1 is 0.893 bits per heavy atom. The Morgan fingerprint density at radius 2 is 1.50 bits per heavy atom. The predicted molar refractivity (Wildman–Crippen MR) is 114 cm³/mol. The topological polar surface area (TPSA) is 21.3 Å². The Bertz CT molecular complexity index is 764. The summed E-state index contributed by atoms with van der Waals surface area (Å²) in [5.41, 5.74) is 3.04. The van der Waals surface area contributed by atoms with Crippen LogP contribution in [0.5, 0.6) is 5.75 Å². The van der Waals surface area contributed by atoms with Crippen molar-refractivity contribution in [1.82, 2.24) is 5.32 Å². The third-order valence-electron chi connectivity index (χ3n) is 7.81. The molecule has 4 aliphatic carbocycles. The Hall–Kier alpha value is -1.80. The molecule has 2 aromatic carbocycles. The number of hydrogen-bond acceptors (Lipinski definition) is 2. The molecule has 1 N–H and O–H groups in total. The van der Waals surface area contributed by atoms with E-state index in [0.29, 0.717) is 18.1 Å². The number of ether oxygens (including phenoxy) is 1. The normalized spacial score (nSPS) is 31.7. The van der Waals surface area contributed by atoms with Crippen molar-refractivity contribution in [3.05, 3.63) is 65.7 Å². The summed E-state index contributed by atoms with van der Waals surface area (Å²) in [6.45, 7) is 3.97. The molecular weight excluding hydrogens is 342 g/mol. The lowest BCUT2D eigenvalue weighted by Crippen LogP contribution is -2.54. The van der Waals surface area contributed by atoms with Crippen molar-refractivity contribution >= 4 is 0 Å².